The van der Waals surface area contributed by atoms with Crippen LogP contribution in [0.4, 0.5) is 0 Å². The number of aryl methyl sites for hydroxylation is 2. The molecular weight excluding hydrogens is 635 g/mol. The lowest BCUT2D eigenvalue weighted by molar-refractivity contribution is 0.477. The van der Waals surface area contributed by atoms with Gasteiger partial charge in [0, 0.05) is 27.1 Å². The Hall–Kier alpha value is -6.86. The summed E-state index contributed by atoms with van der Waals surface area (Å²) < 4.78 is 21.6. The van der Waals surface area contributed by atoms with Crippen LogP contribution in [0, 0.1) is 13.8 Å². The van der Waals surface area contributed by atoms with Crippen LogP contribution in [0.2, 0.25) is 0 Å². The van der Waals surface area contributed by atoms with E-state index in [-0.39, 0.29) is 5.75 Å². The minimum atomic E-state index is 0.223. The van der Waals surface area contributed by atoms with Gasteiger partial charge < -0.3 is 18.4 Å². The molecule has 242 valence electrons. The molecule has 0 atom stereocenters. The standard InChI is InChI=1S/C44H27N3O4/c1-23-20-24(2)39-27-9-7-12-32(43(27)51-38(39)21-23)47-31-11-5-4-10-29(31)46-44(47)30-15-17-37-42(45-30)41-36(50-37)19-18-35-40(41)28-22-25(14-16-34(28)49-35)26-8-3-6-13-33(26)48/h3-22,48H,1-2H3. The van der Waals surface area contributed by atoms with Crippen molar-refractivity contribution in [1.82, 2.24) is 14.5 Å². The van der Waals surface area contributed by atoms with Gasteiger partial charge in [-0.05, 0) is 97.3 Å². The van der Waals surface area contributed by atoms with Crippen LogP contribution in [0.1, 0.15) is 11.1 Å². The summed E-state index contributed by atoms with van der Waals surface area (Å²) >= 11 is 0. The number of para-hydroxylation sites is 4. The molecule has 0 aliphatic heterocycles. The molecule has 5 heterocycles. The third kappa shape index (κ3) is 3.94. The molecule has 0 aliphatic carbocycles. The molecule has 7 heteroatoms. The van der Waals surface area contributed by atoms with E-state index in [1.165, 1.54) is 5.56 Å². The van der Waals surface area contributed by atoms with Crippen LogP contribution in [0.5, 0.6) is 5.75 Å². The number of benzene rings is 6. The topological polar surface area (TPSA) is 90.4 Å². The quantitative estimate of drug-likeness (QED) is 0.203. The SMILES string of the molecule is Cc1cc(C)c2c(c1)oc1c(-n3c(-c4ccc5oc6ccc7oc8ccc(-c9ccccc9O)cc8c7c6c5n4)nc4ccccc43)cccc12. The second kappa shape index (κ2) is 10.1. The molecule has 11 aromatic rings. The van der Waals surface area contributed by atoms with Crippen molar-refractivity contribution in [1.29, 1.82) is 0 Å². The fourth-order valence-corrected chi connectivity index (χ4v) is 7.92. The summed E-state index contributed by atoms with van der Waals surface area (Å²) in [7, 11) is 0. The zero-order chi connectivity index (χ0) is 34.0. The number of hydrogen-bond donors (Lipinski definition) is 1. The van der Waals surface area contributed by atoms with Gasteiger partial charge in [0.25, 0.3) is 0 Å². The summed E-state index contributed by atoms with van der Waals surface area (Å²) in [5.74, 6) is 0.917. The fraction of sp³-hybridized carbons (Fsp3) is 0.0455. The zero-order valence-electron chi connectivity index (χ0n) is 27.6. The minimum absolute atomic E-state index is 0.223. The largest absolute Gasteiger partial charge is 0.507 e. The molecule has 6 aromatic carbocycles. The Labute approximate surface area is 289 Å². The summed E-state index contributed by atoms with van der Waals surface area (Å²) in [4.78, 5) is 10.5. The molecule has 0 amide bonds. The van der Waals surface area contributed by atoms with Gasteiger partial charge in [0.05, 0.1) is 22.1 Å². The van der Waals surface area contributed by atoms with E-state index >= 15 is 0 Å². The number of rotatable bonds is 3. The van der Waals surface area contributed by atoms with Crippen LogP contribution in [0.3, 0.4) is 0 Å². The Morgan fingerprint density at radius 2 is 1.37 bits per heavy atom. The number of nitrogens with zero attached hydrogens (tertiary/aromatic N) is 3. The van der Waals surface area contributed by atoms with Gasteiger partial charge in [0.15, 0.2) is 17.0 Å². The first kappa shape index (κ1) is 28.0. The lowest BCUT2D eigenvalue weighted by atomic mass is 10.0. The Balaban J connectivity index is 1.18. The van der Waals surface area contributed by atoms with Crippen molar-refractivity contribution in [2.75, 3.05) is 0 Å². The fourth-order valence-electron chi connectivity index (χ4n) is 7.92. The molecule has 5 aromatic heterocycles. The van der Waals surface area contributed by atoms with Crippen LogP contribution < -0.4 is 0 Å². The highest BCUT2D eigenvalue weighted by Gasteiger charge is 2.23. The summed E-state index contributed by atoms with van der Waals surface area (Å²) in [6, 6.07) is 39.9. The molecule has 0 bridgehead atoms. The Morgan fingerprint density at radius 1 is 0.588 bits per heavy atom. The lowest BCUT2D eigenvalue weighted by Crippen LogP contribution is -1.99. The lowest BCUT2D eigenvalue weighted by Gasteiger charge is -2.10. The molecule has 0 radical (unpaired) electrons. The molecule has 0 saturated carbocycles. The Bertz CT molecular complexity index is 3250. The second-order valence-electron chi connectivity index (χ2n) is 13.3. The highest BCUT2D eigenvalue weighted by atomic mass is 16.3. The molecule has 0 aliphatic rings. The van der Waals surface area contributed by atoms with Gasteiger partial charge in [-0.2, -0.15) is 0 Å². The van der Waals surface area contributed by atoms with Crippen LogP contribution in [0.15, 0.2) is 135 Å². The van der Waals surface area contributed by atoms with Crippen molar-refractivity contribution in [3.8, 4) is 34.1 Å². The van der Waals surface area contributed by atoms with E-state index in [0.29, 0.717) is 22.7 Å². The van der Waals surface area contributed by atoms with E-state index < -0.39 is 0 Å². The molecule has 11 rings (SSSR count). The first-order valence-electron chi connectivity index (χ1n) is 16.9. The predicted molar refractivity (Wildman–Crippen MR) is 203 cm³/mol. The molecule has 0 fully saturated rings. The molecular formula is C44H27N3O4. The van der Waals surface area contributed by atoms with E-state index in [9.17, 15) is 5.11 Å². The summed E-state index contributed by atoms with van der Waals surface area (Å²) in [6.07, 6.45) is 0. The van der Waals surface area contributed by atoms with E-state index in [4.69, 9.17) is 23.2 Å². The Morgan fingerprint density at radius 3 is 2.27 bits per heavy atom. The number of hydrogen-bond acceptors (Lipinski definition) is 6. The van der Waals surface area contributed by atoms with E-state index in [2.05, 4.69) is 60.9 Å². The minimum Gasteiger partial charge on any atom is -0.507 e. The van der Waals surface area contributed by atoms with E-state index in [1.807, 2.05) is 72.8 Å². The third-order valence-electron chi connectivity index (χ3n) is 10.1. The maximum absolute atomic E-state index is 10.6. The van der Waals surface area contributed by atoms with Crippen LogP contribution in [0.25, 0.3) is 105 Å². The summed E-state index contributed by atoms with van der Waals surface area (Å²) in [5.41, 5.74) is 12.6. The molecule has 0 saturated heterocycles. The number of aromatic nitrogens is 3. The average Bonchev–Trinajstić information content (AvgIpc) is 3.90. The number of furan rings is 3. The molecule has 0 spiro atoms. The highest BCUT2D eigenvalue weighted by Crippen LogP contribution is 2.43. The number of pyridine rings is 1. The number of imidazole rings is 1. The molecule has 1 N–H and O–H groups in total. The summed E-state index contributed by atoms with van der Waals surface area (Å²) in [5, 5.41) is 15.5. The van der Waals surface area contributed by atoms with Crippen LogP contribution in [-0.4, -0.2) is 19.6 Å². The van der Waals surface area contributed by atoms with Gasteiger partial charge in [0.2, 0.25) is 0 Å². The third-order valence-corrected chi connectivity index (χ3v) is 10.1. The van der Waals surface area contributed by atoms with Crippen molar-refractivity contribution >= 4 is 77.0 Å². The van der Waals surface area contributed by atoms with Gasteiger partial charge in [-0.25, -0.2) is 9.97 Å². The van der Waals surface area contributed by atoms with Gasteiger partial charge in [0.1, 0.15) is 39.3 Å². The smallest absolute Gasteiger partial charge is 0.164 e. The first-order chi connectivity index (χ1) is 25.0. The van der Waals surface area contributed by atoms with Gasteiger partial charge in [-0.15, -0.1) is 0 Å². The first-order valence-corrected chi connectivity index (χ1v) is 16.9. The van der Waals surface area contributed by atoms with E-state index in [0.717, 1.165) is 88.2 Å². The van der Waals surface area contributed by atoms with Crippen molar-refractivity contribution in [2.45, 2.75) is 13.8 Å². The molecule has 51 heavy (non-hydrogen) atoms. The normalized spacial score (nSPS) is 12.2. The van der Waals surface area contributed by atoms with Crippen LogP contribution >= 0.6 is 0 Å². The van der Waals surface area contributed by atoms with Crippen LogP contribution in [-0.2, 0) is 0 Å². The number of fused-ring (bicyclic) bond motifs is 11. The number of phenolic OH excluding ortho intramolecular Hbond substituents is 1. The van der Waals surface area contributed by atoms with Crippen molar-refractivity contribution in [3.05, 3.63) is 132 Å². The average molecular weight is 662 g/mol. The van der Waals surface area contributed by atoms with Gasteiger partial charge in [-0.3, -0.25) is 4.57 Å². The van der Waals surface area contributed by atoms with Crippen molar-refractivity contribution in [3.63, 3.8) is 0 Å². The predicted octanol–water partition coefficient (Wildman–Crippen LogP) is 11.8. The second-order valence-corrected chi connectivity index (χ2v) is 13.3. The van der Waals surface area contributed by atoms with Gasteiger partial charge in [-0.1, -0.05) is 54.6 Å². The molecule has 7 nitrogen and oxygen atoms in total. The van der Waals surface area contributed by atoms with Crippen molar-refractivity contribution in [2.24, 2.45) is 0 Å². The van der Waals surface area contributed by atoms with E-state index in [1.54, 1.807) is 6.07 Å². The number of aromatic hydroxyl groups is 1. The zero-order valence-corrected chi connectivity index (χ0v) is 27.6. The summed E-state index contributed by atoms with van der Waals surface area (Å²) in [6.45, 7) is 4.23. The monoisotopic (exact) mass is 661 g/mol. The molecule has 0 unspecified atom stereocenters. The highest BCUT2D eigenvalue weighted by molar-refractivity contribution is 6.25. The maximum Gasteiger partial charge on any atom is 0.164 e. The van der Waals surface area contributed by atoms with Crippen molar-refractivity contribution < 1.29 is 18.4 Å². The van der Waals surface area contributed by atoms with Gasteiger partial charge >= 0.3 is 0 Å². The maximum atomic E-state index is 10.6. The number of phenols is 1. The Kier molecular flexibility index (Phi) is 5.54.